The van der Waals surface area contributed by atoms with Gasteiger partial charge in [0.15, 0.2) is 0 Å². The number of rotatable bonds is 3. The number of halogens is 1. The van der Waals surface area contributed by atoms with Crippen molar-refractivity contribution in [3.8, 4) is 5.75 Å². The van der Waals surface area contributed by atoms with Gasteiger partial charge in [-0.25, -0.2) is 0 Å². The Morgan fingerprint density at radius 3 is 2.62 bits per heavy atom. The van der Waals surface area contributed by atoms with E-state index in [2.05, 4.69) is 15.9 Å². The Kier molecular flexibility index (Phi) is 2.93. The second kappa shape index (κ2) is 4.09. The van der Waals surface area contributed by atoms with Crippen molar-refractivity contribution in [2.24, 2.45) is 0 Å². The van der Waals surface area contributed by atoms with Gasteiger partial charge in [0, 0.05) is 5.56 Å². The number of methoxy groups -OCH3 is 1. The molecule has 0 amide bonds. The summed E-state index contributed by atoms with van der Waals surface area (Å²) in [5.41, 5.74) is 0.0397. The van der Waals surface area contributed by atoms with Crippen LogP contribution in [-0.4, -0.2) is 18.2 Å². The van der Waals surface area contributed by atoms with Crippen LogP contribution < -0.4 is 4.74 Å². The van der Waals surface area contributed by atoms with Gasteiger partial charge in [0.2, 0.25) is 0 Å². The van der Waals surface area contributed by atoms with Crippen LogP contribution in [0.2, 0.25) is 0 Å². The fraction of sp³-hybridized carbons (Fsp3) is 0.417. The van der Waals surface area contributed by atoms with Crippen molar-refractivity contribution in [3.63, 3.8) is 0 Å². The van der Waals surface area contributed by atoms with E-state index in [1.165, 1.54) is 0 Å². The van der Waals surface area contributed by atoms with Crippen LogP contribution in [0.15, 0.2) is 22.7 Å². The van der Waals surface area contributed by atoms with E-state index in [9.17, 15) is 9.90 Å². The molecule has 0 spiro atoms. The summed E-state index contributed by atoms with van der Waals surface area (Å²) < 4.78 is 6.10. The summed E-state index contributed by atoms with van der Waals surface area (Å²) in [6.45, 7) is 0. The second-order valence-corrected chi connectivity index (χ2v) is 4.92. The molecule has 0 heterocycles. The third-order valence-corrected chi connectivity index (χ3v) is 3.93. The number of carboxylic acid groups (broad SMARTS) is 1. The zero-order valence-electron chi connectivity index (χ0n) is 9.00. The first kappa shape index (κ1) is 11.5. The molecule has 4 heteroatoms. The normalized spacial score (nSPS) is 17.6. The van der Waals surface area contributed by atoms with Gasteiger partial charge in [-0.15, -0.1) is 0 Å². The minimum atomic E-state index is -0.754. The lowest BCUT2D eigenvalue weighted by Gasteiger charge is -2.38. The molecule has 0 aliphatic heterocycles. The van der Waals surface area contributed by atoms with Crippen LogP contribution in [0, 0.1) is 0 Å². The van der Waals surface area contributed by atoms with E-state index in [-0.39, 0.29) is 0 Å². The number of carbonyl (C=O) groups is 1. The predicted octanol–water partition coefficient (Wildman–Crippen LogP) is 2.96. The molecule has 16 heavy (non-hydrogen) atoms. The number of hydrogen-bond acceptors (Lipinski definition) is 2. The molecule has 1 aliphatic rings. The Morgan fingerprint density at radius 1 is 1.50 bits per heavy atom. The van der Waals surface area contributed by atoms with Crippen LogP contribution in [0.4, 0.5) is 0 Å². The van der Waals surface area contributed by atoms with Crippen LogP contribution in [0.25, 0.3) is 0 Å². The minimum absolute atomic E-state index is 0.643. The third kappa shape index (κ3) is 1.52. The highest BCUT2D eigenvalue weighted by atomic mass is 79.9. The van der Waals surface area contributed by atoms with E-state index in [1.807, 2.05) is 18.2 Å². The van der Waals surface area contributed by atoms with Gasteiger partial charge >= 0.3 is 5.97 Å². The lowest BCUT2D eigenvalue weighted by Crippen LogP contribution is -2.42. The van der Waals surface area contributed by atoms with Gasteiger partial charge in [0.25, 0.3) is 0 Å². The number of para-hydroxylation sites is 1. The second-order valence-electron chi connectivity index (χ2n) is 4.06. The highest BCUT2D eigenvalue weighted by molar-refractivity contribution is 9.10. The quantitative estimate of drug-likeness (QED) is 0.928. The topological polar surface area (TPSA) is 46.5 Å². The molecule has 0 radical (unpaired) electrons. The average molecular weight is 285 g/mol. The van der Waals surface area contributed by atoms with Crippen molar-refractivity contribution in [1.82, 2.24) is 0 Å². The van der Waals surface area contributed by atoms with E-state index in [0.29, 0.717) is 18.6 Å². The molecule has 86 valence electrons. The first-order valence-corrected chi connectivity index (χ1v) is 5.97. The number of hydrogen-bond donors (Lipinski definition) is 1. The van der Waals surface area contributed by atoms with Crippen molar-refractivity contribution < 1.29 is 14.6 Å². The summed E-state index contributed by atoms with van der Waals surface area (Å²) in [7, 11) is 1.57. The predicted molar refractivity (Wildman–Crippen MR) is 63.9 cm³/mol. The Bertz CT molecular complexity index is 424. The molecule has 0 aromatic heterocycles. The highest BCUT2D eigenvalue weighted by Gasteiger charge is 2.47. The molecule has 1 aliphatic carbocycles. The third-order valence-electron chi connectivity index (χ3n) is 3.30. The Labute approximate surface area is 103 Å². The first-order chi connectivity index (χ1) is 7.62. The Balaban J connectivity index is 2.54. The van der Waals surface area contributed by atoms with Crippen LogP contribution in [0.5, 0.6) is 5.75 Å². The summed E-state index contributed by atoms with van der Waals surface area (Å²) >= 11 is 3.38. The van der Waals surface area contributed by atoms with E-state index >= 15 is 0 Å². The SMILES string of the molecule is COc1c(Br)cccc1C1(C(=O)O)CCC1. The molecule has 0 bridgehead atoms. The van der Waals surface area contributed by atoms with Gasteiger partial charge in [0.05, 0.1) is 17.0 Å². The Morgan fingerprint density at radius 2 is 2.19 bits per heavy atom. The molecular weight excluding hydrogens is 272 g/mol. The van der Waals surface area contributed by atoms with E-state index in [4.69, 9.17) is 4.74 Å². The van der Waals surface area contributed by atoms with Crippen LogP contribution in [-0.2, 0) is 10.2 Å². The molecule has 1 saturated carbocycles. The van der Waals surface area contributed by atoms with E-state index < -0.39 is 11.4 Å². The number of carboxylic acids is 1. The van der Waals surface area contributed by atoms with Crippen molar-refractivity contribution in [1.29, 1.82) is 0 Å². The zero-order chi connectivity index (χ0) is 11.8. The lowest BCUT2D eigenvalue weighted by atomic mass is 9.64. The summed E-state index contributed by atoms with van der Waals surface area (Å²) in [5.74, 6) is -0.111. The molecule has 0 atom stereocenters. The molecule has 0 unspecified atom stereocenters. The zero-order valence-corrected chi connectivity index (χ0v) is 10.6. The van der Waals surface area contributed by atoms with Crippen LogP contribution >= 0.6 is 15.9 Å². The van der Waals surface area contributed by atoms with Gasteiger partial charge in [0.1, 0.15) is 5.75 Å². The molecule has 1 N–H and O–H groups in total. The monoisotopic (exact) mass is 284 g/mol. The maximum atomic E-state index is 11.4. The molecule has 1 aromatic rings. The van der Waals surface area contributed by atoms with Gasteiger partial charge in [-0.2, -0.15) is 0 Å². The van der Waals surface area contributed by atoms with Gasteiger partial charge < -0.3 is 9.84 Å². The number of benzene rings is 1. The van der Waals surface area contributed by atoms with Gasteiger partial charge in [-0.1, -0.05) is 18.6 Å². The molecule has 0 saturated heterocycles. The van der Waals surface area contributed by atoms with Crippen molar-refractivity contribution in [3.05, 3.63) is 28.2 Å². The van der Waals surface area contributed by atoms with E-state index in [1.54, 1.807) is 7.11 Å². The maximum absolute atomic E-state index is 11.4. The average Bonchev–Trinajstić information content (AvgIpc) is 2.15. The fourth-order valence-corrected chi connectivity index (χ4v) is 2.75. The molecular formula is C12H13BrO3. The molecule has 2 rings (SSSR count). The number of ether oxygens (including phenoxy) is 1. The van der Waals surface area contributed by atoms with E-state index in [0.717, 1.165) is 16.5 Å². The van der Waals surface area contributed by atoms with Crippen molar-refractivity contribution in [2.45, 2.75) is 24.7 Å². The first-order valence-electron chi connectivity index (χ1n) is 5.18. The van der Waals surface area contributed by atoms with Crippen molar-refractivity contribution >= 4 is 21.9 Å². The molecule has 1 aromatic carbocycles. The molecule has 1 fully saturated rings. The van der Waals surface area contributed by atoms with Crippen LogP contribution in [0.1, 0.15) is 24.8 Å². The van der Waals surface area contributed by atoms with Gasteiger partial charge in [-0.05, 0) is 34.8 Å². The van der Waals surface area contributed by atoms with Crippen molar-refractivity contribution in [2.75, 3.05) is 7.11 Å². The minimum Gasteiger partial charge on any atom is -0.495 e. The molecule has 3 nitrogen and oxygen atoms in total. The standard InChI is InChI=1S/C12H13BrO3/c1-16-10-8(4-2-5-9(10)13)12(11(14)15)6-3-7-12/h2,4-5H,3,6-7H2,1H3,(H,14,15). The summed E-state index contributed by atoms with van der Waals surface area (Å²) in [4.78, 5) is 11.4. The fourth-order valence-electron chi connectivity index (χ4n) is 2.22. The highest BCUT2D eigenvalue weighted by Crippen LogP contribution is 2.48. The largest absolute Gasteiger partial charge is 0.495 e. The summed E-state index contributed by atoms with van der Waals surface area (Å²) in [5, 5.41) is 9.38. The summed E-state index contributed by atoms with van der Waals surface area (Å²) in [6.07, 6.45) is 2.34. The lowest BCUT2D eigenvalue weighted by molar-refractivity contribution is -0.147. The maximum Gasteiger partial charge on any atom is 0.314 e. The summed E-state index contributed by atoms with van der Waals surface area (Å²) in [6, 6.07) is 5.55. The van der Waals surface area contributed by atoms with Gasteiger partial charge in [-0.3, -0.25) is 4.79 Å². The smallest absolute Gasteiger partial charge is 0.314 e. The van der Waals surface area contributed by atoms with Crippen LogP contribution in [0.3, 0.4) is 0 Å². The Hall–Kier alpha value is -1.03. The number of aliphatic carboxylic acids is 1.